The van der Waals surface area contributed by atoms with Gasteiger partial charge in [0.2, 0.25) is 0 Å². The number of nitrogens with zero attached hydrogens (tertiary/aromatic N) is 2. The third-order valence-corrected chi connectivity index (χ3v) is 3.45. The summed E-state index contributed by atoms with van der Waals surface area (Å²) >= 11 is 0. The monoisotopic (exact) mass is 277 g/mol. The van der Waals surface area contributed by atoms with Crippen molar-refractivity contribution >= 4 is 0 Å². The minimum atomic E-state index is -0.0466. The van der Waals surface area contributed by atoms with Crippen molar-refractivity contribution in [1.29, 1.82) is 0 Å². The van der Waals surface area contributed by atoms with Crippen LogP contribution in [-0.4, -0.2) is 41.2 Å². The fourth-order valence-electron chi connectivity index (χ4n) is 2.50. The van der Waals surface area contributed by atoms with Crippen LogP contribution in [0.25, 0.3) is 0 Å². The van der Waals surface area contributed by atoms with Gasteiger partial charge in [0.05, 0.1) is 23.6 Å². The van der Waals surface area contributed by atoms with Crippen molar-refractivity contribution in [3.05, 3.63) is 29.6 Å². The highest BCUT2D eigenvalue weighted by molar-refractivity contribution is 5.11. The summed E-state index contributed by atoms with van der Waals surface area (Å²) in [4.78, 5) is 7.16. The summed E-state index contributed by atoms with van der Waals surface area (Å²) in [7, 11) is 0. The average Bonchev–Trinajstić information content (AvgIpc) is 2.35. The van der Waals surface area contributed by atoms with Gasteiger partial charge in [-0.15, -0.1) is 0 Å². The highest BCUT2D eigenvalue weighted by atomic mass is 16.5. The van der Waals surface area contributed by atoms with Crippen molar-refractivity contribution in [2.75, 3.05) is 19.7 Å². The van der Waals surface area contributed by atoms with Gasteiger partial charge < -0.3 is 10.1 Å². The van der Waals surface area contributed by atoms with Gasteiger partial charge in [-0.1, -0.05) is 19.9 Å². The molecule has 1 aliphatic heterocycles. The van der Waals surface area contributed by atoms with Crippen molar-refractivity contribution < 1.29 is 4.74 Å². The topological polar surface area (TPSA) is 37.4 Å². The van der Waals surface area contributed by atoms with Gasteiger partial charge in [0.15, 0.2) is 0 Å². The first-order chi connectivity index (χ1) is 9.44. The van der Waals surface area contributed by atoms with E-state index in [1.54, 1.807) is 0 Å². The quantitative estimate of drug-likeness (QED) is 0.895. The Bertz CT molecular complexity index is 431. The smallest absolute Gasteiger partial charge is 0.0753 e. The molecule has 0 radical (unpaired) electrons. The Labute approximate surface area is 122 Å². The Morgan fingerprint density at radius 1 is 1.35 bits per heavy atom. The highest BCUT2D eigenvalue weighted by Crippen LogP contribution is 2.18. The van der Waals surface area contributed by atoms with Crippen LogP contribution in [0.15, 0.2) is 18.2 Å². The molecule has 2 heterocycles. The van der Waals surface area contributed by atoms with Crippen molar-refractivity contribution in [2.45, 2.75) is 52.4 Å². The number of ether oxygens (including phenoxy) is 1. The summed E-state index contributed by atoms with van der Waals surface area (Å²) < 4.78 is 5.75. The van der Waals surface area contributed by atoms with E-state index in [0.29, 0.717) is 6.04 Å². The number of pyridine rings is 1. The summed E-state index contributed by atoms with van der Waals surface area (Å²) in [5, 5.41) is 3.41. The fourth-order valence-corrected chi connectivity index (χ4v) is 2.50. The van der Waals surface area contributed by atoms with Crippen molar-refractivity contribution in [2.24, 2.45) is 0 Å². The number of hydrogen-bond acceptors (Lipinski definition) is 4. The summed E-state index contributed by atoms with van der Waals surface area (Å²) in [6.07, 6.45) is 0. The molecule has 1 saturated heterocycles. The Hall–Kier alpha value is -0.970. The van der Waals surface area contributed by atoms with Crippen LogP contribution in [-0.2, 0) is 17.8 Å². The number of morpholine rings is 1. The maximum absolute atomic E-state index is 5.75. The maximum Gasteiger partial charge on any atom is 0.0753 e. The zero-order valence-electron chi connectivity index (χ0n) is 13.1. The van der Waals surface area contributed by atoms with E-state index in [1.165, 1.54) is 0 Å². The van der Waals surface area contributed by atoms with Crippen molar-refractivity contribution in [1.82, 2.24) is 15.2 Å². The zero-order valence-corrected chi connectivity index (χ0v) is 13.1. The van der Waals surface area contributed by atoms with Crippen LogP contribution < -0.4 is 5.32 Å². The largest absolute Gasteiger partial charge is 0.373 e. The molecule has 0 saturated carbocycles. The molecule has 1 N–H and O–H groups in total. The SMILES string of the molecule is CC(C)NCc1cccc(CN2CCOC(C)(C)C2)n1. The molecular formula is C16H27N3O. The molecule has 2 rings (SSSR count). The lowest BCUT2D eigenvalue weighted by molar-refractivity contribution is -0.0885. The van der Waals surface area contributed by atoms with Crippen LogP contribution in [0.2, 0.25) is 0 Å². The first kappa shape index (κ1) is 15.4. The Kier molecular flexibility index (Phi) is 5.13. The Balaban J connectivity index is 1.93. The Morgan fingerprint density at radius 2 is 2.10 bits per heavy atom. The second-order valence-corrected chi connectivity index (χ2v) is 6.47. The lowest BCUT2D eigenvalue weighted by Crippen LogP contribution is -2.47. The second kappa shape index (κ2) is 6.66. The third kappa shape index (κ3) is 4.85. The number of hydrogen-bond donors (Lipinski definition) is 1. The van der Waals surface area contributed by atoms with E-state index in [4.69, 9.17) is 9.72 Å². The van der Waals surface area contributed by atoms with E-state index in [-0.39, 0.29) is 5.60 Å². The summed E-state index contributed by atoms with van der Waals surface area (Å²) in [6, 6.07) is 6.79. The lowest BCUT2D eigenvalue weighted by atomic mass is 10.1. The molecule has 0 aliphatic carbocycles. The average molecular weight is 277 g/mol. The van der Waals surface area contributed by atoms with Gasteiger partial charge in [-0.05, 0) is 26.0 Å². The minimum Gasteiger partial charge on any atom is -0.373 e. The van der Waals surface area contributed by atoms with Crippen LogP contribution in [0.3, 0.4) is 0 Å². The van der Waals surface area contributed by atoms with E-state index in [9.17, 15) is 0 Å². The van der Waals surface area contributed by atoms with Gasteiger partial charge in [-0.2, -0.15) is 0 Å². The van der Waals surface area contributed by atoms with E-state index in [1.807, 2.05) is 0 Å². The molecule has 0 aromatic carbocycles. The normalized spacial score (nSPS) is 19.4. The van der Waals surface area contributed by atoms with Gasteiger partial charge in [0.25, 0.3) is 0 Å². The van der Waals surface area contributed by atoms with Crippen LogP contribution in [0.1, 0.15) is 39.1 Å². The first-order valence-corrected chi connectivity index (χ1v) is 7.49. The fraction of sp³-hybridized carbons (Fsp3) is 0.688. The lowest BCUT2D eigenvalue weighted by Gasteiger charge is -2.38. The van der Waals surface area contributed by atoms with Crippen LogP contribution in [0.5, 0.6) is 0 Å². The highest BCUT2D eigenvalue weighted by Gasteiger charge is 2.27. The second-order valence-electron chi connectivity index (χ2n) is 6.47. The van der Waals surface area contributed by atoms with E-state index >= 15 is 0 Å². The predicted molar refractivity (Wildman–Crippen MR) is 81.5 cm³/mol. The molecule has 112 valence electrons. The minimum absolute atomic E-state index is 0.0466. The molecule has 0 bridgehead atoms. The summed E-state index contributed by atoms with van der Waals surface area (Å²) in [5.74, 6) is 0. The summed E-state index contributed by atoms with van der Waals surface area (Å²) in [5.41, 5.74) is 2.21. The van der Waals surface area contributed by atoms with Crippen LogP contribution >= 0.6 is 0 Å². The maximum atomic E-state index is 5.75. The summed E-state index contributed by atoms with van der Waals surface area (Å²) in [6.45, 7) is 13.1. The zero-order chi connectivity index (χ0) is 14.6. The predicted octanol–water partition coefficient (Wildman–Crippen LogP) is 2.19. The van der Waals surface area contributed by atoms with Crippen molar-refractivity contribution in [3.63, 3.8) is 0 Å². The number of aromatic nitrogens is 1. The van der Waals surface area contributed by atoms with Gasteiger partial charge in [0.1, 0.15) is 0 Å². The molecule has 4 heteroatoms. The molecule has 20 heavy (non-hydrogen) atoms. The van der Waals surface area contributed by atoms with Crippen LogP contribution in [0, 0.1) is 0 Å². The molecule has 1 aromatic rings. The molecule has 4 nitrogen and oxygen atoms in total. The van der Waals surface area contributed by atoms with Crippen molar-refractivity contribution in [3.8, 4) is 0 Å². The standard InChI is InChI=1S/C16H27N3O/c1-13(2)17-10-14-6-5-7-15(18-14)11-19-8-9-20-16(3,4)12-19/h5-7,13,17H,8-12H2,1-4H3. The first-order valence-electron chi connectivity index (χ1n) is 7.49. The molecule has 1 fully saturated rings. The number of nitrogens with one attached hydrogen (secondary N) is 1. The van der Waals surface area contributed by atoms with E-state index in [0.717, 1.165) is 44.2 Å². The molecule has 0 unspecified atom stereocenters. The molecule has 0 atom stereocenters. The van der Waals surface area contributed by atoms with Gasteiger partial charge in [-0.25, -0.2) is 0 Å². The van der Waals surface area contributed by atoms with E-state index < -0.39 is 0 Å². The molecule has 1 aromatic heterocycles. The van der Waals surface area contributed by atoms with Gasteiger partial charge in [0, 0.05) is 32.2 Å². The molecule has 0 spiro atoms. The molecule has 0 amide bonds. The molecular weight excluding hydrogens is 250 g/mol. The van der Waals surface area contributed by atoms with Gasteiger partial charge in [-0.3, -0.25) is 9.88 Å². The molecule has 1 aliphatic rings. The van der Waals surface area contributed by atoms with E-state index in [2.05, 4.69) is 56.1 Å². The third-order valence-electron chi connectivity index (χ3n) is 3.45. The van der Waals surface area contributed by atoms with Gasteiger partial charge >= 0.3 is 0 Å². The Morgan fingerprint density at radius 3 is 2.80 bits per heavy atom. The number of rotatable bonds is 5. The van der Waals surface area contributed by atoms with Crippen LogP contribution in [0.4, 0.5) is 0 Å².